The molecule has 1 saturated heterocycles. The number of β-lactam (4-membered cyclic amide) rings is 1. The number of thiazole rings is 1. The van der Waals surface area contributed by atoms with Crippen molar-refractivity contribution in [3.05, 3.63) is 81.7 Å². The first-order valence-corrected chi connectivity index (χ1v) is 14.7. The Morgan fingerprint density at radius 1 is 1.19 bits per heavy atom. The first kappa shape index (κ1) is 29.2. The molecule has 0 saturated carbocycles. The number of carbonyl (C=O) groups excluding carboxylic acids is 5. The molecule has 4 heterocycles. The standard InChI is InChI=1S/C27H22ClN5O7S2/c1-39-17-7-5-15(6-8-17)12-40-26(38)20-16(11-32-9-3-2-4-10-32)13-41-25-19(24(37)33(20)25)30-23(36)21(35)18-22(28)42-27(31-18)29-14-34/h2-10,14,19,25H,11-13H2,1H3,(H-,29,30,31,34,36)/p+1/t19-,25-/m1/s1. The molecule has 216 valence electrons. The van der Waals surface area contributed by atoms with E-state index in [2.05, 4.69) is 15.6 Å². The molecule has 3 aromatic rings. The van der Waals surface area contributed by atoms with Crippen LogP contribution in [-0.2, 0) is 37.1 Å². The smallest absolute Gasteiger partial charge is 0.355 e. The van der Waals surface area contributed by atoms with E-state index in [4.69, 9.17) is 21.1 Å². The predicted molar refractivity (Wildman–Crippen MR) is 153 cm³/mol. The van der Waals surface area contributed by atoms with Gasteiger partial charge in [-0.2, -0.15) is 0 Å². The Bertz CT molecular complexity index is 1580. The molecule has 2 aliphatic heterocycles. The van der Waals surface area contributed by atoms with E-state index in [-0.39, 0.29) is 27.5 Å². The molecule has 2 atom stereocenters. The number of benzene rings is 1. The number of ketones is 1. The van der Waals surface area contributed by atoms with Crippen LogP contribution in [0.5, 0.6) is 5.75 Å². The average molecular weight is 629 g/mol. The number of ether oxygens (including phenoxy) is 2. The van der Waals surface area contributed by atoms with Crippen molar-refractivity contribution in [2.24, 2.45) is 0 Å². The summed E-state index contributed by atoms with van der Waals surface area (Å²) in [5.74, 6) is -2.35. The van der Waals surface area contributed by atoms with E-state index in [1.807, 2.05) is 35.2 Å². The highest BCUT2D eigenvalue weighted by atomic mass is 35.5. The number of amides is 3. The molecule has 15 heteroatoms. The summed E-state index contributed by atoms with van der Waals surface area (Å²) in [6.07, 6.45) is 4.05. The highest BCUT2D eigenvalue weighted by Crippen LogP contribution is 2.41. The van der Waals surface area contributed by atoms with Gasteiger partial charge in [-0.15, -0.1) is 11.8 Å². The molecule has 0 radical (unpaired) electrons. The molecule has 42 heavy (non-hydrogen) atoms. The van der Waals surface area contributed by atoms with E-state index >= 15 is 0 Å². The van der Waals surface area contributed by atoms with Crippen molar-refractivity contribution < 1.29 is 38.0 Å². The zero-order chi connectivity index (χ0) is 29.8. The fourth-order valence-corrected chi connectivity index (χ4v) is 6.69. The van der Waals surface area contributed by atoms with Crippen molar-refractivity contribution in [1.82, 2.24) is 15.2 Å². The Labute approximate surface area is 252 Å². The molecule has 0 bridgehead atoms. The number of rotatable bonds is 11. The third kappa shape index (κ3) is 6.00. The fraction of sp³-hybridized carbons (Fsp3) is 0.222. The highest BCUT2D eigenvalue weighted by Gasteiger charge is 2.55. The lowest BCUT2D eigenvalue weighted by molar-refractivity contribution is -0.689. The SMILES string of the molecule is COc1ccc(COC(=O)C2=C(C[n+]3ccccc3)CS[C@@H]3[C@H](NC(=O)C(=O)c4nc(NC=O)sc4Cl)C(=O)N23)cc1. The molecule has 0 aliphatic carbocycles. The molecule has 0 spiro atoms. The van der Waals surface area contributed by atoms with Crippen molar-refractivity contribution in [2.75, 3.05) is 18.2 Å². The van der Waals surface area contributed by atoms with E-state index in [0.29, 0.717) is 30.0 Å². The molecule has 2 aromatic heterocycles. The monoisotopic (exact) mass is 628 g/mol. The van der Waals surface area contributed by atoms with Gasteiger partial charge in [0.2, 0.25) is 6.41 Å². The van der Waals surface area contributed by atoms with Gasteiger partial charge in [-0.3, -0.25) is 24.1 Å². The predicted octanol–water partition coefficient (Wildman–Crippen LogP) is 1.94. The van der Waals surface area contributed by atoms with Crippen LogP contribution < -0.4 is 19.9 Å². The summed E-state index contributed by atoms with van der Waals surface area (Å²) in [6, 6.07) is 11.5. The maximum atomic E-state index is 13.4. The number of hydrogen-bond donors (Lipinski definition) is 2. The first-order chi connectivity index (χ1) is 20.3. The third-order valence-corrected chi connectivity index (χ3v) is 8.92. The fourth-order valence-electron chi connectivity index (χ4n) is 4.36. The second-order valence-electron chi connectivity index (χ2n) is 9.02. The molecule has 3 amide bonds. The van der Waals surface area contributed by atoms with Crippen LogP contribution in [0.4, 0.5) is 5.13 Å². The molecule has 2 aliphatic rings. The third-order valence-electron chi connectivity index (χ3n) is 6.40. The van der Waals surface area contributed by atoms with Crippen LogP contribution in [0.25, 0.3) is 0 Å². The van der Waals surface area contributed by atoms with Gasteiger partial charge < -0.3 is 20.1 Å². The Kier molecular flexibility index (Phi) is 8.85. The van der Waals surface area contributed by atoms with Crippen LogP contribution in [0.1, 0.15) is 16.1 Å². The second-order valence-corrected chi connectivity index (χ2v) is 11.7. The summed E-state index contributed by atoms with van der Waals surface area (Å²) in [7, 11) is 1.55. The van der Waals surface area contributed by atoms with Gasteiger partial charge in [-0.05, 0) is 17.7 Å². The summed E-state index contributed by atoms with van der Waals surface area (Å²) in [4.78, 5) is 68.1. The van der Waals surface area contributed by atoms with Crippen molar-refractivity contribution in [3.63, 3.8) is 0 Å². The maximum Gasteiger partial charge on any atom is 0.355 e. The Morgan fingerprint density at radius 2 is 1.93 bits per heavy atom. The van der Waals surface area contributed by atoms with Gasteiger partial charge in [0.25, 0.3) is 17.6 Å². The lowest BCUT2D eigenvalue weighted by Crippen LogP contribution is -2.71. The minimum absolute atomic E-state index is 0.0258. The van der Waals surface area contributed by atoms with Crippen molar-refractivity contribution in [2.45, 2.75) is 24.6 Å². The summed E-state index contributed by atoms with van der Waals surface area (Å²) in [5, 5.41) is 4.13. The average Bonchev–Trinajstić information content (AvgIpc) is 3.38. The van der Waals surface area contributed by atoms with Crippen molar-refractivity contribution in [3.8, 4) is 5.75 Å². The van der Waals surface area contributed by atoms with E-state index in [1.165, 1.54) is 16.7 Å². The number of esters is 1. The first-order valence-electron chi connectivity index (χ1n) is 12.4. The van der Waals surface area contributed by atoms with E-state index in [0.717, 1.165) is 16.9 Å². The quantitative estimate of drug-likeness (QED) is 0.0812. The summed E-state index contributed by atoms with van der Waals surface area (Å²) in [5.41, 5.74) is 1.17. The number of carbonyl (C=O) groups is 5. The number of Topliss-reactive ketones (excluding diaryl/α,β-unsaturated/α-hetero) is 1. The van der Waals surface area contributed by atoms with Gasteiger partial charge in [-0.1, -0.05) is 41.1 Å². The van der Waals surface area contributed by atoms with Crippen LogP contribution in [0.15, 0.2) is 66.1 Å². The van der Waals surface area contributed by atoms with Gasteiger partial charge in [0.05, 0.1) is 7.11 Å². The van der Waals surface area contributed by atoms with Gasteiger partial charge in [-0.25, -0.2) is 14.3 Å². The summed E-state index contributed by atoms with van der Waals surface area (Å²) < 4.78 is 12.6. The van der Waals surface area contributed by atoms with Crippen molar-refractivity contribution in [1.29, 1.82) is 0 Å². The highest BCUT2D eigenvalue weighted by molar-refractivity contribution is 8.00. The number of pyridine rings is 1. The number of hydrogen-bond acceptors (Lipinski definition) is 10. The van der Waals surface area contributed by atoms with Crippen LogP contribution >= 0.6 is 34.7 Å². The molecule has 5 rings (SSSR count). The lowest BCUT2D eigenvalue weighted by Gasteiger charge is -2.49. The second kappa shape index (κ2) is 12.7. The zero-order valence-electron chi connectivity index (χ0n) is 21.9. The molecule has 12 nitrogen and oxygen atoms in total. The minimum atomic E-state index is -1.09. The number of methoxy groups -OCH3 is 1. The van der Waals surface area contributed by atoms with Crippen LogP contribution in [-0.4, -0.2) is 64.1 Å². The number of anilines is 1. The topological polar surface area (TPSA) is 148 Å². The maximum absolute atomic E-state index is 13.4. The number of thioether (sulfide) groups is 1. The normalized spacial score (nSPS) is 17.6. The van der Waals surface area contributed by atoms with E-state index in [9.17, 15) is 24.0 Å². The Morgan fingerprint density at radius 3 is 2.62 bits per heavy atom. The number of fused-ring (bicyclic) bond motifs is 1. The van der Waals surface area contributed by atoms with Crippen LogP contribution in [0, 0.1) is 0 Å². The molecular weight excluding hydrogens is 606 g/mol. The number of halogens is 1. The largest absolute Gasteiger partial charge is 0.497 e. The van der Waals surface area contributed by atoms with Gasteiger partial charge in [0.15, 0.2) is 24.1 Å². The number of nitrogens with one attached hydrogen (secondary N) is 2. The van der Waals surface area contributed by atoms with E-state index < -0.39 is 35.0 Å². The van der Waals surface area contributed by atoms with Gasteiger partial charge in [0, 0.05) is 23.5 Å². The van der Waals surface area contributed by atoms with Crippen LogP contribution in [0.3, 0.4) is 0 Å². The molecule has 0 unspecified atom stereocenters. The van der Waals surface area contributed by atoms with Crippen molar-refractivity contribution >= 4 is 69.8 Å². The van der Waals surface area contributed by atoms with Gasteiger partial charge >= 0.3 is 5.97 Å². The van der Waals surface area contributed by atoms with E-state index in [1.54, 1.807) is 31.4 Å². The zero-order valence-corrected chi connectivity index (χ0v) is 24.3. The summed E-state index contributed by atoms with van der Waals surface area (Å²) in [6.45, 7) is 0.314. The minimum Gasteiger partial charge on any atom is -0.497 e. The molecular formula is C27H23ClN5O7S2+. The van der Waals surface area contributed by atoms with Gasteiger partial charge in [0.1, 0.15) is 39.5 Å². The Hall–Kier alpha value is -4.27. The number of aromatic nitrogens is 2. The molecule has 1 aromatic carbocycles. The molecule has 2 N–H and O–H groups in total. The number of nitrogens with zero attached hydrogens (tertiary/aromatic N) is 3. The van der Waals surface area contributed by atoms with Crippen LogP contribution in [0.2, 0.25) is 4.34 Å². The summed E-state index contributed by atoms with van der Waals surface area (Å²) >= 11 is 8.19. The lowest BCUT2D eigenvalue weighted by atomic mass is 10.0. The Balaban J connectivity index is 1.33. The molecule has 1 fully saturated rings.